The van der Waals surface area contributed by atoms with Crippen molar-refractivity contribution in [3.05, 3.63) is 65.7 Å². The normalized spacial score (nSPS) is 15.8. The Balaban J connectivity index is 1.95. The van der Waals surface area contributed by atoms with Crippen molar-refractivity contribution in [2.24, 2.45) is 0 Å². The Labute approximate surface area is 173 Å². The van der Waals surface area contributed by atoms with Crippen LogP contribution in [-0.2, 0) is 15.5 Å². The van der Waals surface area contributed by atoms with Crippen LogP contribution in [0.25, 0.3) is 6.08 Å². The second kappa shape index (κ2) is 8.13. The Kier molecular flexibility index (Phi) is 5.96. The van der Waals surface area contributed by atoms with Gasteiger partial charge in [-0.25, -0.2) is 8.42 Å². The van der Waals surface area contributed by atoms with Crippen molar-refractivity contribution in [2.45, 2.75) is 25.7 Å². The molecule has 0 unspecified atom stereocenters. The molecule has 0 amide bonds. The summed E-state index contributed by atoms with van der Waals surface area (Å²) < 4.78 is 35.3. The number of para-hydroxylation sites is 1. The Bertz CT molecular complexity index is 1050. The molecule has 0 atom stereocenters. The largest absolute Gasteiger partial charge is 0.748 e. The van der Waals surface area contributed by atoms with Gasteiger partial charge in [-0.2, -0.15) is 4.58 Å². The van der Waals surface area contributed by atoms with Gasteiger partial charge in [0, 0.05) is 49.7 Å². The van der Waals surface area contributed by atoms with Crippen LogP contribution in [0.5, 0.6) is 0 Å². The molecule has 0 spiro atoms. The van der Waals surface area contributed by atoms with Crippen LogP contribution in [0.3, 0.4) is 0 Å². The maximum absolute atomic E-state index is 11.0. The molecule has 1 aliphatic rings. The van der Waals surface area contributed by atoms with Crippen molar-refractivity contribution in [2.75, 3.05) is 31.3 Å². The summed E-state index contributed by atoms with van der Waals surface area (Å²) in [5.41, 5.74) is 5.39. The first-order chi connectivity index (χ1) is 13.6. The van der Waals surface area contributed by atoms with Gasteiger partial charge in [0.2, 0.25) is 5.69 Å². The third-order valence-electron chi connectivity index (χ3n) is 5.42. The van der Waals surface area contributed by atoms with Crippen LogP contribution in [0.15, 0.2) is 54.6 Å². The molecule has 154 valence electrons. The van der Waals surface area contributed by atoms with Gasteiger partial charge in [0.25, 0.3) is 0 Å². The van der Waals surface area contributed by atoms with E-state index in [1.807, 2.05) is 26.2 Å². The smallest absolute Gasteiger partial charge is 0.209 e. The van der Waals surface area contributed by atoms with Crippen LogP contribution in [0.1, 0.15) is 31.4 Å². The Hall–Kier alpha value is -2.44. The Morgan fingerprint density at radius 3 is 2.31 bits per heavy atom. The molecule has 0 N–H and O–H groups in total. The molecule has 0 aromatic heterocycles. The first-order valence-electron chi connectivity index (χ1n) is 9.73. The predicted octanol–water partition coefficient (Wildman–Crippen LogP) is 3.78. The van der Waals surface area contributed by atoms with E-state index in [-0.39, 0.29) is 11.2 Å². The second-order valence-corrected chi connectivity index (χ2v) is 9.64. The van der Waals surface area contributed by atoms with Crippen molar-refractivity contribution >= 4 is 33.3 Å². The van der Waals surface area contributed by atoms with Crippen molar-refractivity contribution in [3.63, 3.8) is 0 Å². The van der Waals surface area contributed by atoms with Crippen LogP contribution in [0.4, 0.5) is 11.4 Å². The van der Waals surface area contributed by atoms with E-state index in [4.69, 9.17) is 0 Å². The van der Waals surface area contributed by atoms with E-state index in [1.54, 1.807) is 0 Å². The van der Waals surface area contributed by atoms with E-state index >= 15 is 0 Å². The zero-order valence-corrected chi connectivity index (χ0v) is 18.2. The van der Waals surface area contributed by atoms with Crippen LogP contribution in [0, 0.1) is 0 Å². The highest BCUT2D eigenvalue weighted by atomic mass is 32.2. The zero-order chi connectivity index (χ0) is 21.2. The zero-order valence-electron chi connectivity index (χ0n) is 17.4. The molecule has 0 aliphatic carbocycles. The molecular formula is C23H28N2O3S. The number of rotatable bonds is 7. The molecule has 1 heterocycles. The lowest BCUT2D eigenvalue weighted by Gasteiger charge is -2.15. The highest BCUT2D eigenvalue weighted by Gasteiger charge is 2.43. The van der Waals surface area contributed by atoms with Gasteiger partial charge in [0.05, 0.1) is 15.5 Å². The van der Waals surface area contributed by atoms with E-state index in [0.29, 0.717) is 13.0 Å². The summed E-state index contributed by atoms with van der Waals surface area (Å²) in [5.74, 6) is -0.352. The van der Waals surface area contributed by atoms with Crippen LogP contribution in [0.2, 0.25) is 0 Å². The minimum absolute atomic E-state index is 0.215. The number of fused-ring (bicyclic) bond motifs is 1. The topological polar surface area (TPSA) is 63.5 Å². The molecular weight excluding hydrogens is 384 g/mol. The summed E-state index contributed by atoms with van der Waals surface area (Å²) in [6.07, 6.45) is 4.49. The lowest BCUT2D eigenvalue weighted by atomic mass is 9.81. The standard InChI is InChI=1S/C23H28N2O3S/c1-23(2)20-8-5-6-9-21(20)25(16-7-17-29(26,27)28)22(23)15-12-18-10-13-19(14-11-18)24(3)4/h5-6,8-15H,7,16-17H2,1-4H3. The lowest BCUT2D eigenvalue weighted by molar-refractivity contribution is -0.437. The quantitative estimate of drug-likeness (QED) is 0.513. The first-order valence-corrected chi connectivity index (χ1v) is 11.3. The molecule has 29 heavy (non-hydrogen) atoms. The highest BCUT2D eigenvalue weighted by Crippen LogP contribution is 2.40. The molecule has 0 bridgehead atoms. The minimum atomic E-state index is -4.21. The maximum Gasteiger partial charge on any atom is 0.209 e. The molecule has 6 heteroatoms. The third-order valence-corrected chi connectivity index (χ3v) is 6.21. The van der Waals surface area contributed by atoms with Crippen LogP contribution < -0.4 is 4.90 Å². The van der Waals surface area contributed by atoms with Gasteiger partial charge < -0.3 is 9.45 Å². The number of hydrogen-bond donors (Lipinski definition) is 0. The van der Waals surface area contributed by atoms with Crippen LogP contribution in [-0.4, -0.2) is 49.7 Å². The molecule has 0 radical (unpaired) electrons. The Morgan fingerprint density at radius 2 is 1.69 bits per heavy atom. The fourth-order valence-corrected chi connectivity index (χ4v) is 4.32. The van der Waals surface area contributed by atoms with E-state index in [0.717, 1.165) is 22.6 Å². The van der Waals surface area contributed by atoms with E-state index in [1.165, 1.54) is 5.56 Å². The number of allylic oxidation sites excluding steroid dienone is 1. The van der Waals surface area contributed by atoms with Gasteiger partial charge in [-0.05, 0) is 37.6 Å². The maximum atomic E-state index is 11.0. The molecule has 0 fully saturated rings. The molecule has 3 rings (SSSR count). The highest BCUT2D eigenvalue weighted by molar-refractivity contribution is 7.85. The predicted molar refractivity (Wildman–Crippen MR) is 118 cm³/mol. The number of anilines is 1. The summed E-state index contributed by atoms with van der Waals surface area (Å²) in [6.45, 7) is 4.83. The SMILES string of the molecule is CN(C)c1ccc(/C=C/C2=[N+](CCCS(=O)(=O)[O-])c3ccccc3C2(C)C)cc1. The van der Waals surface area contributed by atoms with Crippen molar-refractivity contribution in [1.82, 2.24) is 0 Å². The fraction of sp³-hybridized carbons (Fsp3) is 0.348. The van der Waals surface area contributed by atoms with Crippen molar-refractivity contribution < 1.29 is 17.5 Å². The van der Waals surface area contributed by atoms with E-state index in [2.05, 4.69) is 71.9 Å². The number of hydrogen-bond acceptors (Lipinski definition) is 4. The average Bonchev–Trinajstić information content (AvgIpc) is 2.86. The van der Waals surface area contributed by atoms with E-state index < -0.39 is 10.1 Å². The lowest BCUT2D eigenvalue weighted by Crippen LogP contribution is -2.28. The number of benzene rings is 2. The van der Waals surface area contributed by atoms with E-state index in [9.17, 15) is 13.0 Å². The average molecular weight is 413 g/mol. The third kappa shape index (κ3) is 4.77. The monoisotopic (exact) mass is 412 g/mol. The van der Waals surface area contributed by atoms with Crippen molar-refractivity contribution in [3.8, 4) is 0 Å². The van der Waals surface area contributed by atoms with Crippen LogP contribution >= 0.6 is 0 Å². The van der Waals surface area contributed by atoms with Gasteiger partial charge in [-0.15, -0.1) is 0 Å². The summed E-state index contributed by atoms with van der Waals surface area (Å²) in [7, 11) is -0.188. The molecule has 0 saturated heterocycles. The van der Waals surface area contributed by atoms with Gasteiger partial charge in [-0.1, -0.05) is 30.3 Å². The molecule has 2 aromatic rings. The Morgan fingerprint density at radius 1 is 1.03 bits per heavy atom. The number of nitrogens with zero attached hydrogens (tertiary/aromatic N) is 2. The van der Waals surface area contributed by atoms with Gasteiger partial charge in [0.15, 0.2) is 5.71 Å². The fourth-order valence-electron chi connectivity index (χ4n) is 3.84. The second-order valence-electron chi connectivity index (χ2n) is 8.11. The molecule has 1 aliphatic heterocycles. The summed E-state index contributed by atoms with van der Waals surface area (Å²) >= 11 is 0. The summed E-state index contributed by atoms with van der Waals surface area (Å²) in [5, 5.41) is 0. The molecule has 0 saturated carbocycles. The van der Waals surface area contributed by atoms with Gasteiger partial charge >= 0.3 is 0 Å². The summed E-state index contributed by atoms with van der Waals surface area (Å²) in [6, 6.07) is 16.5. The van der Waals surface area contributed by atoms with Gasteiger partial charge in [-0.3, -0.25) is 0 Å². The summed E-state index contributed by atoms with van der Waals surface area (Å²) in [4.78, 5) is 2.06. The molecule has 5 nitrogen and oxygen atoms in total. The van der Waals surface area contributed by atoms with Crippen molar-refractivity contribution in [1.29, 1.82) is 0 Å². The molecule has 2 aromatic carbocycles. The first kappa shape index (κ1) is 21.3. The van der Waals surface area contributed by atoms with Gasteiger partial charge in [0.1, 0.15) is 6.54 Å². The minimum Gasteiger partial charge on any atom is -0.748 e.